The van der Waals surface area contributed by atoms with Gasteiger partial charge in [0.25, 0.3) is 0 Å². The molecule has 0 amide bonds. The summed E-state index contributed by atoms with van der Waals surface area (Å²) in [5.74, 6) is -0.514. The van der Waals surface area contributed by atoms with Gasteiger partial charge in [0, 0.05) is 37.8 Å². The Kier molecular flexibility index (Phi) is 4.16. The first-order valence-corrected chi connectivity index (χ1v) is 6.21. The molecule has 1 aromatic carbocycles. The molecule has 0 spiro atoms. The minimum atomic E-state index is -0.890. The highest BCUT2D eigenvalue weighted by atomic mass is 19.1. The molecule has 2 unspecified atom stereocenters. The molecule has 1 heterocycles. The molecule has 1 saturated heterocycles. The summed E-state index contributed by atoms with van der Waals surface area (Å²) in [5, 5.41) is 23.2. The molecule has 1 fully saturated rings. The van der Waals surface area contributed by atoms with Crippen LogP contribution in [-0.4, -0.2) is 47.3 Å². The highest BCUT2D eigenvalue weighted by Crippen LogP contribution is 2.29. The number of aromatic hydroxyl groups is 1. The first-order valence-electron chi connectivity index (χ1n) is 6.21. The van der Waals surface area contributed by atoms with E-state index in [0.29, 0.717) is 0 Å². The van der Waals surface area contributed by atoms with Crippen LogP contribution in [0.2, 0.25) is 0 Å². The van der Waals surface area contributed by atoms with Crippen LogP contribution in [0.15, 0.2) is 18.2 Å². The number of halogens is 1. The van der Waals surface area contributed by atoms with Crippen molar-refractivity contribution in [3.8, 4) is 5.75 Å². The summed E-state index contributed by atoms with van der Waals surface area (Å²) in [5.41, 5.74) is 0.251. The number of phenolic OH excluding ortho intramolecular Hbond substituents is 1. The van der Waals surface area contributed by atoms with E-state index in [0.717, 1.165) is 26.2 Å². The summed E-state index contributed by atoms with van der Waals surface area (Å²) < 4.78 is 13.2. The SMILES string of the molecule is CC(C(O)c1cc(F)ccc1O)N1CCNCC1. The van der Waals surface area contributed by atoms with Crippen molar-refractivity contribution in [2.75, 3.05) is 26.2 Å². The number of hydrogen-bond donors (Lipinski definition) is 3. The zero-order valence-corrected chi connectivity index (χ0v) is 10.4. The van der Waals surface area contributed by atoms with Gasteiger partial charge in [-0.25, -0.2) is 4.39 Å². The second-order valence-corrected chi connectivity index (χ2v) is 4.67. The molecule has 4 nitrogen and oxygen atoms in total. The maximum absolute atomic E-state index is 13.2. The van der Waals surface area contributed by atoms with Gasteiger partial charge in [0.1, 0.15) is 11.6 Å². The fourth-order valence-electron chi connectivity index (χ4n) is 2.31. The standard InChI is InChI=1S/C13H19FN2O2/c1-9(16-6-4-15-5-7-16)13(18)11-8-10(14)2-3-12(11)17/h2-3,8-9,13,15,17-18H,4-7H2,1H3. The van der Waals surface area contributed by atoms with Crippen molar-refractivity contribution < 1.29 is 14.6 Å². The van der Waals surface area contributed by atoms with E-state index in [1.807, 2.05) is 6.92 Å². The van der Waals surface area contributed by atoms with E-state index in [-0.39, 0.29) is 17.4 Å². The van der Waals surface area contributed by atoms with Crippen molar-refractivity contribution >= 4 is 0 Å². The van der Waals surface area contributed by atoms with Gasteiger partial charge < -0.3 is 15.5 Å². The molecular formula is C13H19FN2O2. The number of phenols is 1. The van der Waals surface area contributed by atoms with E-state index >= 15 is 0 Å². The average molecular weight is 254 g/mol. The number of piperazine rings is 1. The molecule has 5 heteroatoms. The Morgan fingerprint density at radius 1 is 1.33 bits per heavy atom. The third-order valence-electron chi connectivity index (χ3n) is 3.49. The third-order valence-corrected chi connectivity index (χ3v) is 3.49. The summed E-state index contributed by atoms with van der Waals surface area (Å²) in [6.07, 6.45) is -0.890. The quantitative estimate of drug-likeness (QED) is 0.749. The lowest BCUT2D eigenvalue weighted by molar-refractivity contribution is 0.0493. The third kappa shape index (κ3) is 2.80. The van der Waals surface area contributed by atoms with Gasteiger partial charge in [0.2, 0.25) is 0 Å². The summed E-state index contributed by atoms with van der Waals surface area (Å²) in [6.45, 7) is 5.33. The lowest BCUT2D eigenvalue weighted by Gasteiger charge is -2.35. The van der Waals surface area contributed by atoms with Gasteiger partial charge in [-0.2, -0.15) is 0 Å². The van der Waals surface area contributed by atoms with Gasteiger partial charge in [-0.3, -0.25) is 4.90 Å². The van der Waals surface area contributed by atoms with E-state index in [4.69, 9.17) is 0 Å². The molecule has 0 bridgehead atoms. The van der Waals surface area contributed by atoms with E-state index in [2.05, 4.69) is 10.2 Å². The van der Waals surface area contributed by atoms with E-state index in [1.165, 1.54) is 18.2 Å². The van der Waals surface area contributed by atoms with Crippen LogP contribution in [0.3, 0.4) is 0 Å². The van der Waals surface area contributed by atoms with Gasteiger partial charge in [0.15, 0.2) is 0 Å². The predicted octanol–water partition coefficient (Wildman–Crippen LogP) is 0.858. The lowest BCUT2D eigenvalue weighted by atomic mass is 10.0. The minimum absolute atomic E-state index is 0.0640. The van der Waals surface area contributed by atoms with Crippen LogP contribution in [0.25, 0.3) is 0 Å². The maximum Gasteiger partial charge on any atom is 0.123 e. The fourth-order valence-corrected chi connectivity index (χ4v) is 2.31. The molecule has 0 aromatic heterocycles. The highest BCUT2D eigenvalue weighted by molar-refractivity contribution is 5.35. The zero-order valence-electron chi connectivity index (χ0n) is 10.4. The smallest absolute Gasteiger partial charge is 0.123 e. The Hall–Kier alpha value is -1.17. The monoisotopic (exact) mass is 254 g/mol. The van der Waals surface area contributed by atoms with E-state index in [9.17, 15) is 14.6 Å². The van der Waals surface area contributed by atoms with E-state index in [1.54, 1.807) is 0 Å². The molecule has 1 aromatic rings. The van der Waals surface area contributed by atoms with Crippen LogP contribution in [0.5, 0.6) is 5.75 Å². The Bertz CT molecular complexity index is 408. The molecule has 0 radical (unpaired) electrons. The molecule has 1 aliphatic rings. The van der Waals surface area contributed by atoms with Crippen LogP contribution >= 0.6 is 0 Å². The number of nitrogens with one attached hydrogen (secondary N) is 1. The zero-order chi connectivity index (χ0) is 13.1. The molecule has 18 heavy (non-hydrogen) atoms. The maximum atomic E-state index is 13.2. The minimum Gasteiger partial charge on any atom is -0.508 e. The van der Waals surface area contributed by atoms with Crippen LogP contribution in [0.4, 0.5) is 4.39 Å². The van der Waals surface area contributed by atoms with Gasteiger partial charge in [-0.15, -0.1) is 0 Å². The normalized spacial score (nSPS) is 20.6. The number of hydrogen-bond acceptors (Lipinski definition) is 4. The summed E-state index contributed by atoms with van der Waals surface area (Å²) in [4.78, 5) is 2.13. The van der Waals surface area contributed by atoms with Gasteiger partial charge in [0.05, 0.1) is 6.10 Å². The number of aliphatic hydroxyl groups excluding tert-OH is 1. The molecule has 3 N–H and O–H groups in total. The molecule has 0 aliphatic carbocycles. The average Bonchev–Trinajstić information content (AvgIpc) is 2.41. The molecular weight excluding hydrogens is 235 g/mol. The molecule has 2 atom stereocenters. The fraction of sp³-hybridized carbons (Fsp3) is 0.538. The number of rotatable bonds is 3. The van der Waals surface area contributed by atoms with Gasteiger partial charge in [-0.05, 0) is 25.1 Å². The lowest BCUT2D eigenvalue weighted by Crippen LogP contribution is -2.49. The van der Waals surface area contributed by atoms with Crippen LogP contribution < -0.4 is 5.32 Å². The van der Waals surface area contributed by atoms with Crippen LogP contribution in [0, 0.1) is 5.82 Å². The number of benzene rings is 1. The second kappa shape index (κ2) is 5.65. The topological polar surface area (TPSA) is 55.7 Å². The first kappa shape index (κ1) is 13.3. The molecule has 1 aliphatic heterocycles. The Labute approximate surface area is 106 Å². The number of aliphatic hydroxyl groups is 1. The van der Waals surface area contributed by atoms with Crippen molar-refractivity contribution in [2.24, 2.45) is 0 Å². The first-order chi connectivity index (χ1) is 8.59. The van der Waals surface area contributed by atoms with Crippen molar-refractivity contribution in [1.29, 1.82) is 0 Å². The number of nitrogens with zero attached hydrogens (tertiary/aromatic N) is 1. The van der Waals surface area contributed by atoms with Crippen molar-refractivity contribution in [3.63, 3.8) is 0 Å². The van der Waals surface area contributed by atoms with Gasteiger partial charge >= 0.3 is 0 Å². The molecule has 100 valence electrons. The molecule has 0 saturated carbocycles. The predicted molar refractivity (Wildman–Crippen MR) is 66.9 cm³/mol. The van der Waals surface area contributed by atoms with Crippen molar-refractivity contribution in [3.05, 3.63) is 29.6 Å². The Balaban J connectivity index is 2.13. The van der Waals surface area contributed by atoms with Crippen molar-refractivity contribution in [1.82, 2.24) is 10.2 Å². The van der Waals surface area contributed by atoms with E-state index < -0.39 is 11.9 Å². The van der Waals surface area contributed by atoms with Crippen LogP contribution in [-0.2, 0) is 0 Å². The van der Waals surface area contributed by atoms with Gasteiger partial charge in [-0.1, -0.05) is 0 Å². The van der Waals surface area contributed by atoms with Crippen molar-refractivity contribution in [2.45, 2.75) is 19.1 Å². The Morgan fingerprint density at radius 2 is 2.00 bits per heavy atom. The molecule has 2 rings (SSSR count). The summed E-state index contributed by atoms with van der Waals surface area (Å²) in [7, 11) is 0. The summed E-state index contributed by atoms with van der Waals surface area (Å²) in [6, 6.07) is 3.50. The van der Waals surface area contributed by atoms with Crippen LogP contribution in [0.1, 0.15) is 18.6 Å². The second-order valence-electron chi connectivity index (χ2n) is 4.67. The largest absolute Gasteiger partial charge is 0.508 e. The Morgan fingerprint density at radius 3 is 2.67 bits per heavy atom. The highest BCUT2D eigenvalue weighted by Gasteiger charge is 2.26. The summed E-state index contributed by atoms with van der Waals surface area (Å²) >= 11 is 0.